The molecule has 0 amide bonds. The van der Waals surface area contributed by atoms with Gasteiger partial charge < -0.3 is 5.73 Å². The summed E-state index contributed by atoms with van der Waals surface area (Å²) in [6, 6.07) is 10.2. The lowest BCUT2D eigenvalue weighted by atomic mass is 9.89. The molecule has 3 heteroatoms. The number of thiophene rings is 1. The average Bonchev–Trinajstić information content (AvgIpc) is 3.30. The number of nitrogens with zero attached hydrogens (tertiary/aromatic N) is 1. The highest BCUT2D eigenvalue weighted by atomic mass is 32.1. The Morgan fingerprint density at radius 3 is 2.81 bits per heavy atom. The van der Waals surface area contributed by atoms with Gasteiger partial charge >= 0.3 is 0 Å². The van der Waals surface area contributed by atoms with E-state index in [1.807, 2.05) is 11.3 Å². The van der Waals surface area contributed by atoms with E-state index in [4.69, 9.17) is 5.73 Å². The fourth-order valence-electron chi connectivity index (χ4n) is 3.99. The van der Waals surface area contributed by atoms with Crippen molar-refractivity contribution in [2.24, 2.45) is 11.7 Å². The highest BCUT2D eigenvalue weighted by molar-refractivity contribution is 7.17. The van der Waals surface area contributed by atoms with Crippen molar-refractivity contribution in [3.63, 3.8) is 0 Å². The number of fused-ring (bicyclic) bond motifs is 1. The van der Waals surface area contributed by atoms with E-state index in [0.717, 1.165) is 12.6 Å². The predicted octanol–water partition coefficient (Wildman–Crippen LogP) is 4.17. The summed E-state index contributed by atoms with van der Waals surface area (Å²) in [7, 11) is 0. The first-order valence-electron chi connectivity index (χ1n) is 8.30. The molecular weight excluding hydrogens is 276 g/mol. The van der Waals surface area contributed by atoms with Crippen LogP contribution in [0.1, 0.15) is 43.7 Å². The maximum atomic E-state index is 6.17. The second-order valence-electron chi connectivity index (χ2n) is 6.59. The summed E-state index contributed by atoms with van der Waals surface area (Å²) < 4.78 is 1.42. The molecule has 21 heavy (non-hydrogen) atoms. The Morgan fingerprint density at radius 2 is 2.00 bits per heavy atom. The lowest BCUT2D eigenvalue weighted by molar-refractivity contribution is 0.150. The smallest absolute Gasteiger partial charge is 0.0405 e. The summed E-state index contributed by atoms with van der Waals surface area (Å²) in [5, 5.41) is 3.86. The molecule has 2 nitrogen and oxygen atoms in total. The van der Waals surface area contributed by atoms with E-state index in [0.29, 0.717) is 12.0 Å². The fraction of sp³-hybridized carbons (Fsp3) is 0.556. The quantitative estimate of drug-likeness (QED) is 0.922. The highest BCUT2D eigenvalue weighted by Crippen LogP contribution is 2.44. The zero-order valence-electron chi connectivity index (χ0n) is 12.5. The zero-order valence-corrected chi connectivity index (χ0v) is 13.3. The van der Waals surface area contributed by atoms with Gasteiger partial charge in [0, 0.05) is 16.8 Å². The lowest BCUT2D eigenvalue weighted by Gasteiger charge is -2.35. The molecule has 2 aliphatic rings. The summed E-state index contributed by atoms with van der Waals surface area (Å²) in [5.74, 6) is 0.617. The van der Waals surface area contributed by atoms with Crippen LogP contribution in [0, 0.1) is 5.92 Å². The number of likely N-dealkylation sites (tertiary alicyclic amines) is 1. The van der Waals surface area contributed by atoms with E-state index in [1.54, 1.807) is 5.56 Å². The van der Waals surface area contributed by atoms with Crippen LogP contribution in [0.15, 0.2) is 29.6 Å². The largest absolute Gasteiger partial charge is 0.330 e. The average molecular weight is 300 g/mol. The molecular formula is C18H24N2S. The van der Waals surface area contributed by atoms with Crippen LogP contribution in [0.3, 0.4) is 0 Å². The Morgan fingerprint density at radius 1 is 1.14 bits per heavy atom. The van der Waals surface area contributed by atoms with Gasteiger partial charge in [-0.15, -0.1) is 11.3 Å². The van der Waals surface area contributed by atoms with Crippen molar-refractivity contribution >= 4 is 21.4 Å². The van der Waals surface area contributed by atoms with Gasteiger partial charge in [-0.05, 0) is 67.1 Å². The van der Waals surface area contributed by atoms with Gasteiger partial charge in [-0.2, -0.15) is 0 Å². The number of benzene rings is 1. The molecule has 112 valence electrons. The molecule has 0 radical (unpaired) electrons. The second-order valence-corrected chi connectivity index (χ2v) is 7.50. The topological polar surface area (TPSA) is 29.3 Å². The minimum atomic E-state index is 0.543. The Hall–Kier alpha value is -0.900. The van der Waals surface area contributed by atoms with E-state index in [2.05, 4.69) is 34.5 Å². The zero-order chi connectivity index (χ0) is 14.2. The third-order valence-corrected chi connectivity index (χ3v) is 6.17. The summed E-state index contributed by atoms with van der Waals surface area (Å²) in [6.45, 7) is 2.08. The van der Waals surface area contributed by atoms with Crippen LogP contribution in [-0.2, 0) is 0 Å². The van der Waals surface area contributed by atoms with Gasteiger partial charge in [-0.25, -0.2) is 0 Å². The first-order valence-corrected chi connectivity index (χ1v) is 9.18. The van der Waals surface area contributed by atoms with Crippen LogP contribution in [0.5, 0.6) is 0 Å². The van der Waals surface area contributed by atoms with E-state index in [-0.39, 0.29) is 0 Å². The summed E-state index contributed by atoms with van der Waals surface area (Å²) >= 11 is 1.89. The Kier molecular flexibility index (Phi) is 3.74. The molecule has 2 unspecified atom stereocenters. The summed E-state index contributed by atoms with van der Waals surface area (Å²) in [5.41, 5.74) is 7.71. The Balaban J connectivity index is 1.79. The van der Waals surface area contributed by atoms with Gasteiger partial charge in [0.05, 0.1) is 0 Å². The van der Waals surface area contributed by atoms with Crippen molar-refractivity contribution in [2.45, 2.75) is 44.2 Å². The maximum Gasteiger partial charge on any atom is 0.0405 e. The molecule has 0 bridgehead atoms. The minimum absolute atomic E-state index is 0.543. The van der Waals surface area contributed by atoms with E-state index in [1.165, 1.54) is 48.7 Å². The van der Waals surface area contributed by atoms with Crippen LogP contribution in [-0.4, -0.2) is 24.0 Å². The van der Waals surface area contributed by atoms with Crippen molar-refractivity contribution in [3.8, 4) is 0 Å². The molecule has 1 aliphatic carbocycles. The van der Waals surface area contributed by atoms with Crippen molar-refractivity contribution in [1.82, 2.24) is 4.90 Å². The van der Waals surface area contributed by atoms with E-state index in [9.17, 15) is 0 Å². The fourth-order valence-corrected chi connectivity index (χ4v) is 4.98. The van der Waals surface area contributed by atoms with Crippen molar-refractivity contribution < 1.29 is 0 Å². The third kappa shape index (κ3) is 2.52. The van der Waals surface area contributed by atoms with Crippen LogP contribution >= 0.6 is 11.3 Å². The first-order chi connectivity index (χ1) is 10.4. The van der Waals surface area contributed by atoms with Gasteiger partial charge in [-0.1, -0.05) is 24.6 Å². The van der Waals surface area contributed by atoms with Crippen molar-refractivity contribution in [1.29, 1.82) is 0 Å². The van der Waals surface area contributed by atoms with Crippen LogP contribution in [0.25, 0.3) is 10.1 Å². The Labute approximate surface area is 130 Å². The van der Waals surface area contributed by atoms with Crippen LogP contribution in [0.4, 0.5) is 0 Å². The van der Waals surface area contributed by atoms with Crippen molar-refractivity contribution in [3.05, 3.63) is 35.2 Å². The molecule has 1 aliphatic heterocycles. The number of rotatable bonds is 3. The normalized spacial score (nSPS) is 27.9. The maximum absolute atomic E-state index is 6.17. The first kappa shape index (κ1) is 13.7. The summed E-state index contributed by atoms with van der Waals surface area (Å²) in [4.78, 5) is 2.79. The highest BCUT2D eigenvalue weighted by Gasteiger charge is 2.39. The number of hydrogen-bond acceptors (Lipinski definition) is 3. The molecule has 2 atom stereocenters. The molecule has 1 aromatic heterocycles. The molecule has 1 aromatic carbocycles. The SMILES string of the molecule is NCC1CCCCN(C2CC2)C1c1csc2ccccc12. The summed E-state index contributed by atoms with van der Waals surface area (Å²) in [6.07, 6.45) is 6.73. The van der Waals surface area contributed by atoms with Gasteiger partial charge in [0.2, 0.25) is 0 Å². The standard InChI is InChI=1S/C18H24N2S/c19-11-13-5-3-4-10-20(14-8-9-14)18(13)16-12-21-17-7-2-1-6-15(16)17/h1-2,6-7,12-14,18H,3-5,8-11,19H2. The lowest BCUT2D eigenvalue weighted by Crippen LogP contribution is -2.37. The van der Waals surface area contributed by atoms with Crippen LogP contribution in [0.2, 0.25) is 0 Å². The van der Waals surface area contributed by atoms with Gasteiger partial charge in [0.15, 0.2) is 0 Å². The number of hydrogen-bond donors (Lipinski definition) is 1. The molecule has 0 spiro atoms. The molecule has 2 N–H and O–H groups in total. The van der Waals surface area contributed by atoms with Gasteiger partial charge in [0.1, 0.15) is 0 Å². The van der Waals surface area contributed by atoms with E-state index >= 15 is 0 Å². The van der Waals surface area contributed by atoms with Gasteiger partial charge in [0.25, 0.3) is 0 Å². The molecule has 2 aromatic rings. The minimum Gasteiger partial charge on any atom is -0.330 e. The molecule has 1 saturated heterocycles. The predicted molar refractivity (Wildman–Crippen MR) is 90.7 cm³/mol. The molecule has 2 heterocycles. The van der Waals surface area contributed by atoms with Gasteiger partial charge in [-0.3, -0.25) is 4.90 Å². The number of nitrogens with two attached hydrogens (primary N) is 1. The molecule has 1 saturated carbocycles. The molecule has 4 rings (SSSR count). The second kappa shape index (κ2) is 5.71. The monoisotopic (exact) mass is 300 g/mol. The Bertz CT molecular complexity index is 616. The third-order valence-electron chi connectivity index (χ3n) is 5.19. The van der Waals surface area contributed by atoms with E-state index < -0.39 is 0 Å². The van der Waals surface area contributed by atoms with Crippen LogP contribution < -0.4 is 5.73 Å². The van der Waals surface area contributed by atoms with Crippen molar-refractivity contribution in [2.75, 3.05) is 13.1 Å². The molecule has 2 fully saturated rings.